The summed E-state index contributed by atoms with van der Waals surface area (Å²) < 4.78 is 10.3. The molecule has 0 radical (unpaired) electrons. The van der Waals surface area contributed by atoms with E-state index in [0.29, 0.717) is 34.0 Å². The number of benzene rings is 4. The molecule has 0 saturated heterocycles. The maximum absolute atomic E-state index is 12.8. The largest absolute Gasteiger partial charge is 0.497 e. The molecule has 4 rings (SSSR count). The summed E-state index contributed by atoms with van der Waals surface area (Å²) >= 11 is 11.7. The van der Waals surface area contributed by atoms with E-state index in [9.17, 15) is 9.59 Å². The van der Waals surface area contributed by atoms with Gasteiger partial charge in [-0.3, -0.25) is 9.59 Å². The van der Waals surface area contributed by atoms with E-state index >= 15 is 0 Å². The van der Waals surface area contributed by atoms with Crippen molar-refractivity contribution in [1.82, 2.24) is 4.90 Å². The Bertz CT molecular complexity index is 1460. The fourth-order valence-corrected chi connectivity index (χ4v) is 4.33. The van der Waals surface area contributed by atoms with Crippen molar-refractivity contribution in [2.24, 2.45) is 0 Å². The fraction of sp³-hybridized carbons (Fsp3) is 0.200. The van der Waals surface area contributed by atoms with Crippen LogP contribution in [0, 0.1) is 0 Å². The molecule has 0 aliphatic carbocycles. The van der Waals surface area contributed by atoms with E-state index < -0.39 is 0 Å². The number of halogens is 2. The first-order valence-corrected chi connectivity index (χ1v) is 14.2. The Balaban J connectivity index is 0.000000235. The van der Waals surface area contributed by atoms with Crippen molar-refractivity contribution in [2.75, 3.05) is 28.3 Å². The summed E-state index contributed by atoms with van der Waals surface area (Å²) in [5.41, 5.74) is 4.25. The van der Waals surface area contributed by atoms with Crippen LogP contribution in [0.5, 0.6) is 11.5 Å². The number of ether oxygens (including phenoxy) is 2. The molecular weight excluding hydrogens is 569 g/mol. The van der Waals surface area contributed by atoms with Crippen molar-refractivity contribution in [3.05, 3.63) is 141 Å². The minimum atomic E-state index is 0.00573. The van der Waals surface area contributed by atoms with Crippen molar-refractivity contribution in [3.8, 4) is 11.5 Å². The topological polar surface area (TPSA) is 55.8 Å². The number of Topliss-reactive ketones (excluding diaryl/α,β-unsaturated/α-hetero) is 2. The van der Waals surface area contributed by atoms with Gasteiger partial charge in [0.1, 0.15) is 11.5 Å². The summed E-state index contributed by atoms with van der Waals surface area (Å²) in [6, 6.07) is 29.5. The van der Waals surface area contributed by atoms with Gasteiger partial charge in [-0.2, -0.15) is 0 Å². The number of carbonyl (C=O) groups is 2. The lowest BCUT2D eigenvalue weighted by atomic mass is 9.97. The Labute approximate surface area is 258 Å². The number of rotatable bonds is 11. The normalized spacial score (nSPS) is 10.8. The second-order valence-electron chi connectivity index (χ2n) is 9.76. The summed E-state index contributed by atoms with van der Waals surface area (Å²) in [6.45, 7) is 0. The average Bonchev–Trinajstić information content (AvgIpc) is 3.00. The first-order valence-electron chi connectivity index (χ1n) is 13.4. The highest BCUT2D eigenvalue weighted by atomic mass is 35.5. The van der Waals surface area contributed by atoms with Crippen molar-refractivity contribution in [1.29, 1.82) is 0 Å². The van der Waals surface area contributed by atoms with Crippen LogP contribution in [-0.4, -0.2) is 44.8 Å². The van der Waals surface area contributed by atoms with Gasteiger partial charge in [0.15, 0.2) is 11.6 Å². The Morgan fingerprint density at radius 1 is 0.667 bits per heavy atom. The SMILES string of the molecule is COc1ccc(CC(=CN(C)C)C(=O)c2ccc(Cl)cc2)cc1.COc1ccc(CCC(=O)c2ccc(Cl)cc2)cc1. The van der Waals surface area contributed by atoms with Gasteiger partial charge in [0, 0.05) is 59.9 Å². The molecule has 0 amide bonds. The molecule has 0 fully saturated rings. The smallest absolute Gasteiger partial charge is 0.190 e. The third kappa shape index (κ3) is 10.4. The van der Waals surface area contributed by atoms with Crippen molar-refractivity contribution < 1.29 is 19.1 Å². The Morgan fingerprint density at radius 3 is 1.57 bits per heavy atom. The van der Waals surface area contributed by atoms with Gasteiger partial charge in [-0.1, -0.05) is 47.5 Å². The van der Waals surface area contributed by atoms with Crippen LogP contribution in [0.25, 0.3) is 0 Å². The highest BCUT2D eigenvalue weighted by Crippen LogP contribution is 2.19. The molecule has 0 unspecified atom stereocenters. The van der Waals surface area contributed by atoms with Crippen LogP contribution in [0.4, 0.5) is 0 Å². The second-order valence-corrected chi connectivity index (χ2v) is 10.6. The van der Waals surface area contributed by atoms with Crippen molar-refractivity contribution in [2.45, 2.75) is 19.3 Å². The number of aryl methyl sites for hydroxylation is 1. The maximum Gasteiger partial charge on any atom is 0.190 e. The van der Waals surface area contributed by atoms with E-state index in [-0.39, 0.29) is 11.6 Å². The molecule has 7 heteroatoms. The summed E-state index contributed by atoms with van der Waals surface area (Å²) in [5.74, 6) is 1.77. The van der Waals surface area contributed by atoms with Gasteiger partial charge < -0.3 is 14.4 Å². The van der Waals surface area contributed by atoms with Gasteiger partial charge in [0.25, 0.3) is 0 Å². The molecule has 218 valence electrons. The fourth-order valence-electron chi connectivity index (χ4n) is 4.08. The zero-order chi connectivity index (χ0) is 30.5. The molecule has 0 aliphatic rings. The zero-order valence-corrected chi connectivity index (χ0v) is 25.8. The predicted molar refractivity (Wildman–Crippen MR) is 171 cm³/mol. The Hall–Kier alpha value is -4.06. The van der Waals surface area contributed by atoms with E-state index in [1.54, 1.807) is 62.8 Å². The lowest BCUT2D eigenvalue weighted by Gasteiger charge is -2.12. The molecule has 4 aromatic rings. The minimum Gasteiger partial charge on any atom is -0.497 e. The molecule has 0 saturated carbocycles. The summed E-state index contributed by atoms with van der Waals surface area (Å²) in [7, 11) is 7.09. The standard InChI is InChI=1S/C19H20ClNO2.C16H15ClO2/c1-21(2)13-16(12-14-4-10-18(23-3)11-5-14)19(22)15-6-8-17(20)9-7-15;1-19-15-9-2-12(3-10-15)4-11-16(18)13-5-7-14(17)8-6-13/h4-11,13H,12H2,1-3H3;2-3,5-10H,4,11H2,1H3. The van der Waals surface area contributed by atoms with Crippen LogP contribution >= 0.6 is 23.2 Å². The predicted octanol–water partition coefficient (Wildman–Crippen LogP) is 8.38. The molecule has 0 N–H and O–H groups in total. The van der Waals surface area contributed by atoms with Crippen molar-refractivity contribution in [3.63, 3.8) is 0 Å². The lowest BCUT2D eigenvalue weighted by molar-refractivity contribution is 0.0981. The van der Waals surface area contributed by atoms with Crippen LogP contribution < -0.4 is 9.47 Å². The number of carbonyl (C=O) groups excluding carboxylic acids is 2. The van der Waals surface area contributed by atoms with Crippen molar-refractivity contribution >= 4 is 34.8 Å². The van der Waals surface area contributed by atoms with Gasteiger partial charge in [0.05, 0.1) is 14.2 Å². The summed E-state index contributed by atoms with van der Waals surface area (Å²) in [6.07, 6.45) is 3.64. The number of nitrogens with zero attached hydrogens (tertiary/aromatic N) is 1. The third-order valence-corrected chi connectivity index (χ3v) is 6.84. The summed E-state index contributed by atoms with van der Waals surface area (Å²) in [4.78, 5) is 26.6. The number of hydrogen-bond acceptors (Lipinski definition) is 5. The van der Waals surface area contributed by atoms with Crippen LogP contribution in [-0.2, 0) is 12.8 Å². The van der Waals surface area contributed by atoms with E-state index in [0.717, 1.165) is 34.6 Å². The average molecular weight is 605 g/mol. The first-order chi connectivity index (χ1) is 20.2. The van der Waals surface area contributed by atoms with Crippen LogP contribution in [0.3, 0.4) is 0 Å². The number of methoxy groups -OCH3 is 2. The van der Waals surface area contributed by atoms with Gasteiger partial charge in [0.2, 0.25) is 0 Å². The monoisotopic (exact) mass is 603 g/mol. The molecule has 0 atom stereocenters. The Morgan fingerprint density at radius 2 is 1.12 bits per heavy atom. The van der Waals surface area contributed by atoms with E-state index in [1.165, 1.54) is 0 Å². The first kappa shape index (κ1) is 32.5. The van der Waals surface area contributed by atoms with Gasteiger partial charge >= 0.3 is 0 Å². The molecule has 0 spiro atoms. The third-order valence-electron chi connectivity index (χ3n) is 6.33. The molecule has 0 bridgehead atoms. The highest BCUT2D eigenvalue weighted by Gasteiger charge is 2.14. The van der Waals surface area contributed by atoms with E-state index in [2.05, 4.69) is 0 Å². The van der Waals surface area contributed by atoms with Crippen LogP contribution in [0.15, 0.2) is 109 Å². The van der Waals surface area contributed by atoms with E-state index in [4.69, 9.17) is 32.7 Å². The van der Waals surface area contributed by atoms with Gasteiger partial charge in [-0.05, 0) is 90.3 Å². The van der Waals surface area contributed by atoms with E-state index in [1.807, 2.05) is 73.7 Å². The molecular formula is C35H35Cl2NO4. The second kappa shape index (κ2) is 16.4. The summed E-state index contributed by atoms with van der Waals surface area (Å²) in [5, 5.41) is 1.27. The Kier molecular flexibility index (Phi) is 12.7. The minimum absolute atomic E-state index is 0.00573. The quantitative estimate of drug-likeness (QED) is 0.127. The number of allylic oxidation sites excluding steroid dienone is 1. The lowest BCUT2D eigenvalue weighted by Crippen LogP contribution is -2.12. The molecule has 0 aromatic heterocycles. The number of ketones is 2. The van der Waals surface area contributed by atoms with Crippen LogP contribution in [0.2, 0.25) is 10.0 Å². The number of hydrogen-bond donors (Lipinski definition) is 0. The van der Waals surface area contributed by atoms with Gasteiger partial charge in [-0.25, -0.2) is 0 Å². The molecule has 4 aromatic carbocycles. The molecule has 42 heavy (non-hydrogen) atoms. The highest BCUT2D eigenvalue weighted by molar-refractivity contribution is 6.31. The van der Waals surface area contributed by atoms with Crippen LogP contribution in [0.1, 0.15) is 38.3 Å². The molecule has 0 heterocycles. The molecule has 5 nitrogen and oxygen atoms in total. The molecule has 0 aliphatic heterocycles. The maximum atomic E-state index is 12.8. The zero-order valence-electron chi connectivity index (χ0n) is 24.3. The van der Waals surface area contributed by atoms with Gasteiger partial charge in [-0.15, -0.1) is 0 Å².